The molecule has 0 aliphatic rings. The van der Waals surface area contributed by atoms with Gasteiger partial charge in [0.05, 0.1) is 12.7 Å². The van der Waals surface area contributed by atoms with E-state index >= 15 is 0 Å². The van der Waals surface area contributed by atoms with Crippen LogP contribution in [0.2, 0.25) is 5.02 Å². The SMILES string of the molecule is COC(=O)c1c[nH]c(=O)c([C@H](CC(N)=O)c2c(F)cccc2Cl)c1O. The Morgan fingerprint density at radius 2 is 2.08 bits per heavy atom. The summed E-state index contributed by atoms with van der Waals surface area (Å²) in [5, 5.41) is 10.3. The number of aromatic amines is 1. The van der Waals surface area contributed by atoms with E-state index < -0.39 is 46.9 Å². The molecule has 2 rings (SSSR count). The van der Waals surface area contributed by atoms with Crippen LogP contribution in [0.4, 0.5) is 4.39 Å². The molecule has 7 nitrogen and oxygen atoms in total. The largest absolute Gasteiger partial charge is 0.506 e. The molecule has 2 aromatic rings. The molecule has 0 aliphatic carbocycles. The van der Waals surface area contributed by atoms with Gasteiger partial charge in [0.25, 0.3) is 5.56 Å². The maximum absolute atomic E-state index is 14.3. The van der Waals surface area contributed by atoms with E-state index in [2.05, 4.69) is 9.72 Å². The number of esters is 1. The number of aromatic hydroxyl groups is 1. The number of hydrogen-bond acceptors (Lipinski definition) is 5. The number of nitrogens with two attached hydrogens (primary N) is 1. The lowest BCUT2D eigenvalue weighted by Gasteiger charge is -2.19. The molecule has 0 spiro atoms. The summed E-state index contributed by atoms with van der Waals surface area (Å²) >= 11 is 6.01. The van der Waals surface area contributed by atoms with E-state index in [-0.39, 0.29) is 16.1 Å². The second kappa shape index (κ2) is 7.35. The molecule has 25 heavy (non-hydrogen) atoms. The number of primary amides is 1. The van der Waals surface area contributed by atoms with Gasteiger partial charge in [-0.2, -0.15) is 0 Å². The summed E-state index contributed by atoms with van der Waals surface area (Å²) in [6.45, 7) is 0. The zero-order chi connectivity index (χ0) is 18.7. The Balaban J connectivity index is 2.78. The van der Waals surface area contributed by atoms with Crippen molar-refractivity contribution in [2.45, 2.75) is 12.3 Å². The third-order valence-corrected chi connectivity index (χ3v) is 3.94. The molecule has 4 N–H and O–H groups in total. The number of carbonyl (C=O) groups is 2. The Bertz CT molecular complexity index is 876. The number of methoxy groups -OCH3 is 1. The van der Waals surface area contributed by atoms with Gasteiger partial charge in [0, 0.05) is 29.1 Å². The zero-order valence-corrected chi connectivity index (χ0v) is 13.8. The van der Waals surface area contributed by atoms with Crippen LogP contribution in [0.15, 0.2) is 29.2 Å². The summed E-state index contributed by atoms with van der Waals surface area (Å²) in [6.07, 6.45) is 0.444. The lowest BCUT2D eigenvalue weighted by atomic mass is 9.87. The van der Waals surface area contributed by atoms with Crippen LogP contribution in [0.5, 0.6) is 5.75 Å². The Kier molecular flexibility index (Phi) is 5.43. The van der Waals surface area contributed by atoms with Gasteiger partial charge >= 0.3 is 5.97 Å². The molecule has 1 aromatic heterocycles. The van der Waals surface area contributed by atoms with Crippen molar-refractivity contribution in [3.8, 4) is 5.75 Å². The Morgan fingerprint density at radius 1 is 1.40 bits per heavy atom. The predicted molar refractivity (Wildman–Crippen MR) is 87.1 cm³/mol. The van der Waals surface area contributed by atoms with Crippen LogP contribution in [0, 0.1) is 5.82 Å². The number of ether oxygens (including phenoxy) is 1. The fraction of sp³-hybridized carbons (Fsp3) is 0.188. The number of amides is 1. The van der Waals surface area contributed by atoms with Gasteiger partial charge in [-0.25, -0.2) is 9.18 Å². The number of hydrogen-bond donors (Lipinski definition) is 3. The van der Waals surface area contributed by atoms with Crippen LogP contribution >= 0.6 is 11.6 Å². The first-order valence-corrected chi connectivity index (χ1v) is 7.40. The van der Waals surface area contributed by atoms with Gasteiger partial charge in [0.1, 0.15) is 17.1 Å². The van der Waals surface area contributed by atoms with Gasteiger partial charge in [0.2, 0.25) is 5.91 Å². The monoisotopic (exact) mass is 368 g/mol. The second-order valence-electron chi connectivity index (χ2n) is 5.14. The smallest absolute Gasteiger partial charge is 0.343 e. The van der Waals surface area contributed by atoms with Crippen LogP contribution in [0.3, 0.4) is 0 Å². The molecule has 0 saturated carbocycles. The molecule has 0 saturated heterocycles. The third kappa shape index (κ3) is 3.63. The fourth-order valence-electron chi connectivity index (χ4n) is 2.52. The maximum Gasteiger partial charge on any atom is 0.343 e. The van der Waals surface area contributed by atoms with Crippen LogP contribution in [-0.4, -0.2) is 29.1 Å². The summed E-state index contributed by atoms with van der Waals surface area (Å²) in [7, 11) is 1.08. The van der Waals surface area contributed by atoms with Crippen LogP contribution < -0.4 is 11.3 Å². The highest BCUT2D eigenvalue weighted by atomic mass is 35.5. The van der Waals surface area contributed by atoms with Gasteiger partial charge in [-0.15, -0.1) is 0 Å². The highest BCUT2D eigenvalue weighted by Gasteiger charge is 2.30. The average Bonchev–Trinajstić information content (AvgIpc) is 2.53. The van der Waals surface area contributed by atoms with Gasteiger partial charge in [0.15, 0.2) is 0 Å². The molecule has 1 aromatic carbocycles. The van der Waals surface area contributed by atoms with E-state index in [1.165, 1.54) is 12.1 Å². The standard InChI is InChI=1S/C16H14ClFN2O5/c1-25-16(24)8-6-20-15(23)13(14(8)22)7(5-11(19)21)12-9(17)3-2-4-10(12)18/h2-4,6-7H,5H2,1H3,(H2,19,21)(H2,20,22,23)/t7-/m1/s1. The summed E-state index contributed by atoms with van der Waals surface area (Å²) in [6, 6.07) is 3.80. The molecule has 0 radical (unpaired) electrons. The lowest BCUT2D eigenvalue weighted by molar-refractivity contribution is -0.118. The first kappa shape index (κ1) is 18.5. The van der Waals surface area contributed by atoms with Crippen molar-refractivity contribution in [2.75, 3.05) is 7.11 Å². The zero-order valence-electron chi connectivity index (χ0n) is 13.0. The molecule has 132 valence electrons. The van der Waals surface area contributed by atoms with Gasteiger partial charge < -0.3 is 20.6 Å². The Labute approximate surface area is 146 Å². The molecule has 9 heteroatoms. The number of nitrogens with one attached hydrogen (secondary N) is 1. The first-order chi connectivity index (χ1) is 11.8. The fourth-order valence-corrected chi connectivity index (χ4v) is 2.81. The van der Waals surface area contributed by atoms with Crippen LogP contribution in [-0.2, 0) is 9.53 Å². The summed E-state index contributed by atoms with van der Waals surface area (Å²) in [5.74, 6) is -4.60. The normalized spacial score (nSPS) is 11.8. The molecular formula is C16H14ClFN2O5. The quantitative estimate of drug-likeness (QED) is 0.693. The average molecular weight is 369 g/mol. The summed E-state index contributed by atoms with van der Waals surface area (Å²) in [4.78, 5) is 37.7. The molecular weight excluding hydrogens is 355 g/mol. The first-order valence-electron chi connectivity index (χ1n) is 7.03. The number of aromatic nitrogens is 1. The lowest BCUT2D eigenvalue weighted by Crippen LogP contribution is -2.24. The van der Waals surface area contributed by atoms with Crippen LogP contribution in [0.25, 0.3) is 0 Å². The van der Waals surface area contributed by atoms with Crippen molar-refractivity contribution in [2.24, 2.45) is 5.73 Å². The molecule has 0 unspecified atom stereocenters. The minimum Gasteiger partial charge on any atom is -0.506 e. The number of benzene rings is 1. The number of pyridine rings is 1. The van der Waals surface area contributed by atoms with Crippen LogP contribution in [0.1, 0.15) is 33.8 Å². The molecule has 1 heterocycles. The Morgan fingerprint density at radius 3 is 2.64 bits per heavy atom. The third-order valence-electron chi connectivity index (χ3n) is 3.61. The highest BCUT2D eigenvalue weighted by Crippen LogP contribution is 2.37. The van der Waals surface area contributed by atoms with Gasteiger partial charge in [-0.1, -0.05) is 17.7 Å². The van der Waals surface area contributed by atoms with E-state index in [9.17, 15) is 23.9 Å². The van der Waals surface area contributed by atoms with E-state index in [1.54, 1.807) is 0 Å². The van der Waals surface area contributed by atoms with Gasteiger partial charge in [-0.3, -0.25) is 9.59 Å². The van der Waals surface area contributed by atoms with Crippen molar-refractivity contribution < 1.29 is 23.8 Å². The maximum atomic E-state index is 14.3. The van der Waals surface area contributed by atoms with Gasteiger partial charge in [-0.05, 0) is 12.1 Å². The molecule has 0 fully saturated rings. The number of carbonyl (C=O) groups excluding carboxylic acids is 2. The van der Waals surface area contributed by atoms with Crippen molar-refractivity contribution in [3.05, 3.63) is 62.3 Å². The van der Waals surface area contributed by atoms with Crippen molar-refractivity contribution in [3.63, 3.8) is 0 Å². The van der Waals surface area contributed by atoms with E-state index in [1.807, 2.05) is 0 Å². The van der Waals surface area contributed by atoms with Crippen molar-refractivity contribution in [1.82, 2.24) is 4.98 Å². The number of rotatable bonds is 5. The van der Waals surface area contributed by atoms with Crippen molar-refractivity contribution in [1.29, 1.82) is 0 Å². The second-order valence-corrected chi connectivity index (χ2v) is 5.55. The highest BCUT2D eigenvalue weighted by molar-refractivity contribution is 6.31. The molecule has 1 amide bonds. The Hall–Kier alpha value is -2.87. The minimum atomic E-state index is -1.29. The summed E-state index contributed by atoms with van der Waals surface area (Å²) < 4.78 is 18.8. The van der Waals surface area contributed by atoms with E-state index in [4.69, 9.17) is 17.3 Å². The minimum absolute atomic E-state index is 0.0616. The molecule has 0 aliphatic heterocycles. The van der Waals surface area contributed by atoms with E-state index in [0.717, 1.165) is 19.4 Å². The number of halogens is 2. The molecule has 0 bridgehead atoms. The van der Waals surface area contributed by atoms with E-state index in [0.29, 0.717) is 0 Å². The topological polar surface area (TPSA) is 122 Å². The molecule has 1 atom stereocenters. The summed E-state index contributed by atoms with van der Waals surface area (Å²) in [5.41, 5.74) is 3.43. The predicted octanol–water partition coefficient (Wildman–Crippen LogP) is 1.67. The number of H-pyrrole nitrogens is 1. The van der Waals surface area contributed by atoms with Crippen molar-refractivity contribution >= 4 is 23.5 Å².